The summed E-state index contributed by atoms with van der Waals surface area (Å²) < 4.78 is 0. The quantitative estimate of drug-likeness (QED) is 0.595. The molecule has 0 N–H and O–H groups in total. The number of aryl methyl sites for hydroxylation is 2. The van der Waals surface area contributed by atoms with Gasteiger partial charge in [-0.3, -0.25) is 9.59 Å². The van der Waals surface area contributed by atoms with Crippen LogP contribution in [0, 0.1) is 26.2 Å². The van der Waals surface area contributed by atoms with E-state index in [4.69, 9.17) is 6.42 Å². The molecule has 98 valence electrons. The lowest BCUT2D eigenvalue weighted by molar-refractivity contribution is 0.0926. The normalized spacial score (nSPS) is 13.6. The van der Waals surface area contributed by atoms with E-state index >= 15 is 0 Å². The van der Waals surface area contributed by atoms with Crippen LogP contribution in [0.1, 0.15) is 36.0 Å². The number of carbonyl (C=O) groups excluding carboxylic acids is 2. The van der Waals surface area contributed by atoms with E-state index in [0.29, 0.717) is 16.8 Å². The molecule has 1 aromatic carbocycles. The maximum atomic E-state index is 12.5. The Morgan fingerprint density at radius 1 is 1.00 bits per heavy atom. The minimum Gasteiger partial charge on any atom is -0.268 e. The average molecular weight is 281 g/mol. The number of hydrogen-bond donors (Lipinski definition) is 0. The Kier molecular flexibility index (Phi) is 2.73. The van der Waals surface area contributed by atoms with Crippen molar-refractivity contribution in [3.63, 3.8) is 0 Å². The smallest absolute Gasteiger partial charge is 0.267 e. The van der Waals surface area contributed by atoms with Gasteiger partial charge in [-0.15, -0.1) is 17.8 Å². The van der Waals surface area contributed by atoms with E-state index in [2.05, 4.69) is 5.92 Å². The maximum Gasteiger partial charge on any atom is 0.267 e. The summed E-state index contributed by atoms with van der Waals surface area (Å²) in [5.74, 6) is 2.01. The van der Waals surface area contributed by atoms with Gasteiger partial charge in [0.2, 0.25) is 0 Å². The van der Waals surface area contributed by atoms with Gasteiger partial charge in [-0.2, -0.15) is 0 Å². The molecule has 2 amide bonds. The van der Waals surface area contributed by atoms with Crippen LogP contribution in [0.25, 0.3) is 0 Å². The highest BCUT2D eigenvalue weighted by atomic mass is 32.1. The minimum absolute atomic E-state index is 0.250. The van der Waals surface area contributed by atoms with Gasteiger partial charge in [-0.1, -0.05) is 5.92 Å². The van der Waals surface area contributed by atoms with Crippen molar-refractivity contribution >= 4 is 28.8 Å². The number of nitrogens with zero attached hydrogens (tertiary/aromatic N) is 1. The van der Waals surface area contributed by atoms with Gasteiger partial charge in [0.05, 0.1) is 16.8 Å². The second-order valence-electron chi connectivity index (χ2n) is 4.60. The number of imide groups is 1. The summed E-state index contributed by atoms with van der Waals surface area (Å²) in [6.45, 7) is 3.74. The van der Waals surface area contributed by atoms with Crippen molar-refractivity contribution in [1.29, 1.82) is 0 Å². The number of hydrogen-bond acceptors (Lipinski definition) is 3. The van der Waals surface area contributed by atoms with E-state index < -0.39 is 0 Å². The molecule has 1 aliphatic heterocycles. The number of terminal acetylenes is 1. The molecule has 0 bridgehead atoms. The molecule has 0 saturated heterocycles. The van der Waals surface area contributed by atoms with Crippen LogP contribution in [0.5, 0.6) is 0 Å². The first-order valence-corrected chi connectivity index (χ1v) is 6.91. The molecule has 3 nitrogen and oxygen atoms in total. The first kappa shape index (κ1) is 12.6. The standard InChI is InChI=1S/C16H11NO2S/c1-4-11-5-7-12(8-6-11)17-15(18)13-9(2)20-10(3)14(13)16(17)19/h1,5-8H,2-3H3. The molecule has 2 aromatic rings. The number of fused-ring (bicyclic) bond motifs is 1. The predicted molar refractivity (Wildman–Crippen MR) is 79.3 cm³/mol. The topological polar surface area (TPSA) is 37.4 Å². The summed E-state index contributed by atoms with van der Waals surface area (Å²) >= 11 is 1.49. The molecule has 0 fully saturated rings. The van der Waals surface area contributed by atoms with Crippen LogP contribution in [-0.4, -0.2) is 11.8 Å². The Labute approximate surface area is 120 Å². The van der Waals surface area contributed by atoms with Gasteiger partial charge in [0, 0.05) is 15.3 Å². The fourth-order valence-corrected chi connectivity index (χ4v) is 3.50. The van der Waals surface area contributed by atoms with Crippen LogP contribution in [-0.2, 0) is 0 Å². The molecule has 0 radical (unpaired) electrons. The number of amides is 2. The minimum atomic E-state index is -0.250. The summed E-state index contributed by atoms with van der Waals surface area (Å²) in [5.41, 5.74) is 2.35. The fourth-order valence-electron chi connectivity index (χ4n) is 2.46. The summed E-state index contributed by atoms with van der Waals surface area (Å²) in [6, 6.07) is 6.85. The zero-order valence-corrected chi connectivity index (χ0v) is 11.9. The van der Waals surface area contributed by atoms with Crippen molar-refractivity contribution in [3.05, 3.63) is 50.7 Å². The number of anilines is 1. The van der Waals surface area contributed by atoms with Gasteiger partial charge in [0.15, 0.2) is 0 Å². The molecule has 1 aliphatic rings. The van der Waals surface area contributed by atoms with Crippen molar-refractivity contribution in [1.82, 2.24) is 0 Å². The van der Waals surface area contributed by atoms with E-state index in [1.807, 2.05) is 13.8 Å². The van der Waals surface area contributed by atoms with E-state index in [1.54, 1.807) is 24.3 Å². The van der Waals surface area contributed by atoms with Crippen LogP contribution in [0.15, 0.2) is 24.3 Å². The molecule has 1 aromatic heterocycles. The molecular weight excluding hydrogens is 270 g/mol. The summed E-state index contributed by atoms with van der Waals surface area (Å²) in [5, 5.41) is 0. The van der Waals surface area contributed by atoms with Crippen LogP contribution < -0.4 is 4.90 Å². The predicted octanol–water partition coefficient (Wildman–Crippen LogP) is 3.15. The van der Waals surface area contributed by atoms with E-state index in [0.717, 1.165) is 15.3 Å². The lowest BCUT2D eigenvalue weighted by Crippen LogP contribution is -2.29. The zero-order valence-electron chi connectivity index (χ0n) is 11.1. The molecule has 20 heavy (non-hydrogen) atoms. The van der Waals surface area contributed by atoms with Gasteiger partial charge >= 0.3 is 0 Å². The third kappa shape index (κ3) is 1.60. The number of thiophene rings is 1. The van der Waals surface area contributed by atoms with Crippen LogP contribution in [0.2, 0.25) is 0 Å². The van der Waals surface area contributed by atoms with Gasteiger partial charge in [0.1, 0.15) is 0 Å². The summed E-state index contributed by atoms with van der Waals surface area (Å²) in [7, 11) is 0. The van der Waals surface area contributed by atoms with Gasteiger partial charge in [-0.05, 0) is 38.1 Å². The van der Waals surface area contributed by atoms with Crippen molar-refractivity contribution in [2.24, 2.45) is 0 Å². The molecule has 0 aliphatic carbocycles. The Morgan fingerprint density at radius 2 is 1.50 bits per heavy atom. The molecule has 0 saturated carbocycles. The second kappa shape index (κ2) is 4.32. The first-order valence-electron chi connectivity index (χ1n) is 6.10. The highest BCUT2D eigenvalue weighted by Gasteiger charge is 2.40. The van der Waals surface area contributed by atoms with E-state index in [1.165, 1.54) is 16.2 Å². The van der Waals surface area contributed by atoms with E-state index in [-0.39, 0.29) is 11.8 Å². The molecular formula is C16H11NO2S. The van der Waals surface area contributed by atoms with Crippen molar-refractivity contribution < 1.29 is 9.59 Å². The van der Waals surface area contributed by atoms with Gasteiger partial charge in [-0.25, -0.2) is 4.90 Å². The third-order valence-electron chi connectivity index (χ3n) is 3.39. The maximum absolute atomic E-state index is 12.5. The monoisotopic (exact) mass is 281 g/mol. The Morgan fingerprint density at radius 3 is 1.95 bits per heavy atom. The highest BCUT2D eigenvalue weighted by molar-refractivity contribution is 7.12. The zero-order chi connectivity index (χ0) is 14.4. The van der Waals surface area contributed by atoms with Crippen molar-refractivity contribution in [2.45, 2.75) is 13.8 Å². The van der Waals surface area contributed by atoms with Gasteiger partial charge < -0.3 is 0 Å². The summed E-state index contributed by atoms with van der Waals surface area (Å²) in [4.78, 5) is 27.9. The first-order chi connectivity index (χ1) is 9.54. The molecule has 2 heterocycles. The average Bonchev–Trinajstić information content (AvgIpc) is 2.87. The molecule has 0 spiro atoms. The molecule has 0 unspecified atom stereocenters. The highest BCUT2D eigenvalue weighted by Crippen LogP contribution is 2.36. The van der Waals surface area contributed by atoms with Crippen molar-refractivity contribution in [2.75, 3.05) is 4.90 Å². The van der Waals surface area contributed by atoms with E-state index in [9.17, 15) is 9.59 Å². The lowest BCUT2D eigenvalue weighted by atomic mass is 10.1. The second-order valence-corrected chi connectivity index (χ2v) is 6.03. The van der Waals surface area contributed by atoms with Crippen LogP contribution in [0.3, 0.4) is 0 Å². The molecule has 3 rings (SSSR count). The van der Waals surface area contributed by atoms with Crippen molar-refractivity contribution in [3.8, 4) is 12.3 Å². The van der Waals surface area contributed by atoms with Crippen LogP contribution in [0.4, 0.5) is 5.69 Å². The largest absolute Gasteiger partial charge is 0.268 e. The fraction of sp³-hybridized carbons (Fsp3) is 0.125. The Balaban J connectivity index is 2.09. The number of rotatable bonds is 1. The molecule has 4 heteroatoms. The van der Waals surface area contributed by atoms with Gasteiger partial charge in [0.25, 0.3) is 11.8 Å². The molecule has 0 atom stereocenters. The Bertz CT molecular complexity index is 742. The third-order valence-corrected chi connectivity index (χ3v) is 4.41. The Hall–Kier alpha value is -2.38. The number of carbonyl (C=O) groups is 2. The lowest BCUT2D eigenvalue weighted by Gasteiger charge is -2.14. The summed E-state index contributed by atoms with van der Waals surface area (Å²) in [6.07, 6.45) is 5.30. The SMILES string of the molecule is C#Cc1ccc(N2C(=O)c3c(C)sc(C)c3C2=O)cc1. The van der Waals surface area contributed by atoms with Crippen LogP contribution >= 0.6 is 11.3 Å². The number of benzene rings is 1.